The molecule has 0 aromatic heterocycles. The van der Waals surface area contributed by atoms with Crippen LogP contribution in [0.25, 0.3) is 0 Å². The maximum Gasteiger partial charge on any atom is 0.265 e. The van der Waals surface area contributed by atoms with E-state index in [4.69, 9.17) is 16.3 Å². The Morgan fingerprint density at radius 3 is 2.60 bits per heavy atom. The lowest BCUT2D eigenvalue weighted by molar-refractivity contribution is -0.123. The number of halogens is 1. The molecule has 0 aliphatic carbocycles. The van der Waals surface area contributed by atoms with Gasteiger partial charge in [-0.05, 0) is 43.2 Å². The lowest BCUT2D eigenvalue weighted by Gasteiger charge is -2.25. The number of benzene rings is 2. The number of carbonyl (C=O) groups is 2. The fourth-order valence-corrected chi connectivity index (χ4v) is 4.41. The summed E-state index contributed by atoms with van der Waals surface area (Å²) in [5.74, 6) is -0.470. The Labute approximate surface area is 180 Å². The highest BCUT2D eigenvalue weighted by molar-refractivity contribution is 7.89. The first-order valence-electron chi connectivity index (χ1n) is 9.17. The highest BCUT2D eigenvalue weighted by Crippen LogP contribution is 2.35. The number of hydrogen-bond donors (Lipinski definition) is 2. The van der Waals surface area contributed by atoms with Crippen LogP contribution in [0.3, 0.4) is 0 Å². The second kappa shape index (κ2) is 8.63. The standard InChI is InChI=1S/C20H22ClN3O5S/c1-12-8-16-17(29-13(2)20(26)23-16)9-18(12)30(27,28)24(3)11-19(25)22-10-14-4-6-15(21)7-5-14/h4-9,13H,10-11H2,1-3H3,(H,22,25)(H,23,26). The molecule has 1 aliphatic heterocycles. The summed E-state index contributed by atoms with van der Waals surface area (Å²) in [6, 6.07) is 9.89. The molecule has 3 rings (SSSR count). The van der Waals surface area contributed by atoms with E-state index < -0.39 is 22.0 Å². The van der Waals surface area contributed by atoms with E-state index in [1.165, 1.54) is 13.1 Å². The Morgan fingerprint density at radius 2 is 1.93 bits per heavy atom. The smallest absolute Gasteiger partial charge is 0.265 e. The molecule has 1 unspecified atom stereocenters. The van der Waals surface area contributed by atoms with Gasteiger partial charge in [-0.15, -0.1) is 0 Å². The van der Waals surface area contributed by atoms with Crippen molar-refractivity contribution >= 4 is 39.1 Å². The van der Waals surface area contributed by atoms with Crippen molar-refractivity contribution in [3.63, 3.8) is 0 Å². The zero-order valence-electron chi connectivity index (χ0n) is 16.7. The Bertz CT molecular complexity index is 1090. The van der Waals surface area contributed by atoms with Gasteiger partial charge < -0.3 is 15.4 Å². The minimum Gasteiger partial charge on any atom is -0.479 e. The molecule has 1 aliphatic rings. The third-order valence-electron chi connectivity index (χ3n) is 4.67. The summed E-state index contributed by atoms with van der Waals surface area (Å²) < 4.78 is 32.5. The number of rotatable bonds is 6. The predicted octanol–water partition coefficient (Wildman–Crippen LogP) is 2.30. The zero-order valence-corrected chi connectivity index (χ0v) is 18.3. The summed E-state index contributed by atoms with van der Waals surface area (Å²) in [7, 11) is -2.62. The number of nitrogens with one attached hydrogen (secondary N) is 2. The van der Waals surface area contributed by atoms with Gasteiger partial charge in [-0.3, -0.25) is 9.59 Å². The van der Waals surface area contributed by atoms with Crippen LogP contribution in [0.1, 0.15) is 18.1 Å². The van der Waals surface area contributed by atoms with Gasteiger partial charge in [-0.2, -0.15) is 4.31 Å². The van der Waals surface area contributed by atoms with E-state index in [2.05, 4.69) is 10.6 Å². The average Bonchev–Trinajstić information content (AvgIpc) is 2.68. The molecule has 1 atom stereocenters. The minimum atomic E-state index is -3.96. The van der Waals surface area contributed by atoms with Crippen molar-refractivity contribution in [2.24, 2.45) is 0 Å². The number of carbonyl (C=O) groups excluding carboxylic acids is 2. The van der Waals surface area contributed by atoms with E-state index in [9.17, 15) is 18.0 Å². The molecule has 30 heavy (non-hydrogen) atoms. The molecule has 1 heterocycles. The van der Waals surface area contributed by atoms with Gasteiger partial charge >= 0.3 is 0 Å². The monoisotopic (exact) mass is 451 g/mol. The summed E-state index contributed by atoms with van der Waals surface area (Å²) in [5.41, 5.74) is 1.69. The number of anilines is 1. The number of sulfonamides is 1. The molecule has 2 aromatic carbocycles. The molecule has 0 saturated carbocycles. The zero-order chi connectivity index (χ0) is 22.1. The second-order valence-electron chi connectivity index (χ2n) is 7.03. The number of hydrogen-bond acceptors (Lipinski definition) is 5. The minimum absolute atomic E-state index is 0.0117. The van der Waals surface area contributed by atoms with Crippen LogP contribution < -0.4 is 15.4 Å². The summed E-state index contributed by atoms with van der Waals surface area (Å²) >= 11 is 5.83. The summed E-state index contributed by atoms with van der Waals surface area (Å²) in [6.07, 6.45) is -0.730. The van der Waals surface area contributed by atoms with E-state index in [-0.39, 0.29) is 29.6 Å². The van der Waals surface area contributed by atoms with Gasteiger partial charge in [-0.1, -0.05) is 23.7 Å². The largest absolute Gasteiger partial charge is 0.479 e. The van der Waals surface area contributed by atoms with Crippen LogP contribution >= 0.6 is 11.6 Å². The van der Waals surface area contributed by atoms with E-state index >= 15 is 0 Å². The van der Waals surface area contributed by atoms with Crippen molar-refractivity contribution in [1.29, 1.82) is 0 Å². The van der Waals surface area contributed by atoms with Gasteiger partial charge in [0.25, 0.3) is 5.91 Å². The second-order valence-corrected chi connectivity index (χ2v) is 9.48. The molecule has 0 spiro atoms. The molecule has 2 aromatic rings. The third-order valence-corrected chi connectivity index (χ3v) is 6.86. The SMILES string of the molecule is Cc1cc2c(cc1S(=O)(=O)N(C)CC(=O)NCc1ccc(Cl)cc1)OC(C)C(=O)N2. The normalized spacial score (nSPS) is 15.9. The number of fused-ring (bicyclic) bond motifs is 1. The van der Waals surface area contributed by atoms with Gasteiger partial charge in [0.1, 0.15) is 5.75 Å². The molecule has 0 bridgehead atoms. The van der Waals surface area contributed by atoms with Crippen LogP contribution in [0.15, 0.2) is 41.3 Å². The highest BCUT2D eigenvalue weighted by atomic mass is 35.5. The highest BCUT2D eigenvalue weighted by Gasteiger charge is 2.30. The Kier molecular flexibility index (Phi) is 6.35. The molecule has 0 radical (unpaired) electrons. The molecular weight excluding hydrogens is 430 g/mol. The van der Waals surface area contributed by atoms with Gasteiger partial charge in [0.15, 0.2) is 6.10 Å². The van der Waals surface area contributed by atoms with Crippen molar-refractivity contribution in [1.82, 2.24) is 9.62 Å². The lowest BCUT2D eigenvalue weighted by atomic mass is 10.1. The van der Waals surface area contributed by atoms with Crippen molar-refractivity contribution in [3.05, 3.63) is 52.5 Å². The van der Waals surface area contributed by atoms with E-state index in [1.54, 1.807) is 44.2 Å². The van der Waals surface area contributed by atoms with Crippen molar-refractivity contribution in [2.45, 2.75) is 31.4 Å². The molecule has 0 fully saturated rings. The number of likely N-dealkylation sites (N-methyl/N-ethyl adjacent to an activating group) is 1. The van der Waals surface area contributed by atoms with Gasteiger partial charge in [0, 0.05) is 24.7 Å². The first-order valence-corrected chi connectivity index (χ1v) is 11.0. The molecule has 8 nitrogen and oxygen atoms in total. The topological polar surface area (TPSA) is 105 Å². The third kappa shape index (κ3) is 4.75. The van der Waals surface area contributed by atoms with E-state index in [0.29, 0.717) is 16.3 Å². The van der Waals surface area contributed by atoms with Gasteiger partial charge in [-0.25, -0.2) is 8.42 Å². The maximum atomic E-state index is 13.0. The molecule has 10 heteroatoms. The van der Waals surface area contributed by atoms with Gasteiger partial charge in [0.05, 0.1) is 17.1 Å². The average molecular weight is 452 g/mol. The molecule has 2 N–H and O–H groups in total. The lowest BCUT2D eigenvalue weighted by Crippen LogP contribution is -2.38. The quantitative estimate of drug-likeness (QED) is 0.701. The van der Waals surface area contributed by atoms with Crippen LogP contribution in [0.4, 0.5) is 5.69 Å². The number of aryl methyl sites for hydroxylation is 1. The van der Waals surface area contributed by atoms with Crippen LogP contribution in [-0.4, -0.2) is 44.2 Å². The van der Waals surface area contributed by atoms with E-state index in [0.717, 1.165) is 9.87 Å². The summed E-state index contributed by atoms with van der Waals surface area (Å²) in [4.78, 5) is 24.0. The number of amides is 2. The molecular formula is C20H22ClN3O5S. The van der Waals surface area contributed by atoms with E-state index in [1.807, 2.05) is 0 Å². The fraction of sp³-hybridized carbons (Fsp3) is 0.300. The molecule has 0 saturated heterocycles. The number of ether oxygens (including phenoxy) is 1. The van der Waals surface area contributed by atoms with Crippen LogP contribution in [0, 0.1) is 6.92 Å². The molecule has 2 amide bonds. The first-order chi connectivity index (χ1) is 14.1. The van der Waals surface area contributed by atoms with Crippen LogP contribution in [-0.2, 0) is 26.2 Å². The fourth-order valence-electron chi connectivity index (χ4n) is 2.93. The Balaban J connectivity index is 1.71. The Morgan fingerprint density at radius 1 is 1.27 bits per heavy atom. The van der Waals surface area contributed by atoms with Crippen molar-refractivity contribution < 1.29 is 22.7 Å². The number of nitrogens with zero attached hydrogens (tertiary/aromatic N) is 1. The summed E-state index contributed by atoms with van der Waals surface area (Å²) in [6.45, 7) is 3.10. The van der Waals surface area contributed by atoms with Crippen molar-refractivity contribution in [3.8, 4) is 5.75 Å². The summed E-state index contributed by atoms with van der Waals surface area (Å²) in [5, 5.41) is 5.96. The van der Waals surface area contributed by atoms with Crippen LogP contribution in [0.5, 0.6) is 5.75 Å². The molecule has 160 valence electrons. The first kappa shape index (κ1) is 22.1. The van der Waals surface area contributed by atoms with Crippen molar-refractivity contribution in [2.75, 3.05) is 18.9 Å². The predicted molar refractivity (Wildman–Crippen MR) is 113 cm³/mol. The maximum absolute atomic E-state index is 13.0. The van der Waals surface area contributed by atoms with Gasteiger partial charge in [0.2, 0.25) is 15.9 Å². The van der Waals surface area contributed by atoms with Crippen LogP contribution in [0.2, 0.25) is 5.02 Å². The Hall–Kier alpha value is -2.62.